The molecule has 232 valence electrons. The Hall–Kier alpha value is -4.32. The third-order valence-electron chi connectivity index (χ3n) is 7.90. The molecular weight excluding hydrogens is 559 g/mol. The van der Waals surface area contributed by atoms with Gasteiger partial charge in [0.2, 0.25) is 0 Å². The second-order valence-electron chi connectivity index (χ2n) is 11.7. The van der Waals surface area contributed by atoms with E-state index in [2.05, 4.69) is 6.92 Å². The van der Waals surface area contributed by atoms with Gasteiger partial charge in [-0.2, -0.15) is 10.5 Å². The molecule has 4 rings (SSSR count). The molecule has 1 saturated heterocycles. The van der Waals surface area contributed by atoms with Crippen LogP contribution in [0, 0.1) is 22.7 Å². The minimum absolute atomic E-state index is 0.0439. The standard InChI is InChI=1S/C23H29BN2O4.C10H12N2O2/c1-6-7-13-26-14-12-20(19(15-25)21(26)27)28-16-17-8-10-18(11-9-17)24-29-22(2,3)23(4,5)30-24;1-2-3-5-12-6-4-9(13)8(7-11)10(12)14/h8-12,14H,6-7,13,16H2,1-5H3;4,6,13H,2-3,5H2,1H3. The topological polar surface area (TPSA) is 140 Å². The molecule has 0 bridgehead atoms. The van der Waals surface area contributed by atoms with E-state index in [0.717, 1.165) is 36.7 Å². The van der Waals surface area contributed by atoms with Crippen LogP contribution in [0.5, 0.6) is 11.5 Å². The lowest BCUT2D eigenvalue weighted by Gasteiger charge is -2.32. The molecule has 3 heterocycles. The average Bonchev–Trinajstić information content (AvgIpc) is 3.22. The van der Waals surface area contributed by atoms with Gasteiger partial charge in [-0.25, -0.2) is 0 Å². The zero-order valence-electron chi connectivity index (χ0n) is 26.4. The van der Waals surface area contributed by atoms with Crippen LogP contribution in [-0.2, 0) is 29.0 Å². The van der Waals surface area contributed by atoms with Gasteiger partial charge in [0.1, 0.15) is 30.2 Å². The summed E-state index contributed by atoms with van der Waals surface area (Å²) in [5.41, 5.74) is 0.240. The Bertz CT molecular complexity index is 1610. The van der Waals surface area contributed by atoms with Gasteiger partial charge in [0.05, 0.1) is 11.2 Å². The van der Waals surface area contributed by atoms with Crippen LogP contribution in [0.25, 0.3) is 0 Å². The monoisotopic (exact) mass is 600 g/mol. The van der Waals surface area contributed by atoms with Gasteiger partial charge in [-0.15, -0.1) is 0 Å². The predicted molar refractivity (Wildman–Crippen MR) is 169 cm³/mol. The van der Waals surface area contributed by atoms with E-state index in [-0.39, 0.29) is 40.2 Å². The molecule has 0 aliphatic carbocycles. The minimum atomic E-state index is -0.416. The van der Waals surface area contributed by atoms with Crippen molar-refractivity contribution in [2.45, 2.75) is 98.1 Å². The summed E-state index contributed by atoms with van der Waals surface area (Å²) in [5, 5.41) is 27.2. The third-order valence-corrected chi connectivity index (χ3v) is 7.90. The van der Waals surface area contributed by atoms with Gasteiger partial charge >= 0.3 is 7.12 Å². The van der Waals surface area contributed by atoms with Gasteiger partial charge in [-0.3, -0.25) is 9.59 Å². The van der Waals surface area contributed by atoms with E-state index in [1.807, 2.05) is 65.0 Å². The molecular formula is C33H41BN4O6. The maximum atomic E-state index is 12.5. The number of nitriles is 2. The van der Waals surface area contributed by atoms with Gasteiger partial charge in [0, 0.05) is 25.5 Å². The second kappa shape index (κ2) is 14.9. The molecule has 11 heteroatoms. The van der Waals surface area contributed by atoms with Crippen LogP contribution < -0.4 is 21.3 Å². The summed E-state index contributed by atoms with van der Waals surface area (Å²) < 4.78 is 20.9. The number of aromatic hydroxyl groups is 1. The van der Waals surface area contributed by atoms with E-state index >= 15 is 0 Å². The van der Waals surface area contributed by atoms with Crippen molar-refractivity contribution in [1.29, 1.82) is 10.5 Å². The highest BCUT2D eigenvalue weighted by atomic mass is 16.7. The van der Waals surface area contributed by atoms with E-state index in [1.54, 1.807) is 22.9 Å². The Kier molecular flexibility index (Phi) is 11.6. The van der Waals surface area contributed by atoms with Crippen molar-refractivity contribution in [1.82, 2.24) is 9.13 Å². The van der Waals surface area contributed by atoms with Crippen molar-refractivity contribution in [2.75, 3.05) is 0 Å². The largest absolute Gasteiger partial charge is 0.506 e. The Morgan fingerprint density at radius 2 is 1.32 bits per heavy atom. The quantitative estimate of drug-likeness (QED) is 0.333. The summed E-state index contributed by atoms with van der Waals surface area (Å²) >= 11 is 0. The number of aryl methyl sites for hydroxylation is 2. The molecule has 0 unspecified atom stereocenters. The van der Waals surface area contributed by atoms with Gasteiger partial charge in [0.25, 0.3) is 11.1 Å². The summed E-state index contributed by atoms with van der Waals surface area (Å²) in [7, 11) is -0.411. The molecule has 1 aliphatic heterocycles. The first-order chi connectivity index (χ1) is 20.9. The molecule has 3 aromatic rings. The molecule has 1 aliphatic rings. The molecule has 44 heavy (non-hydrogen) atoms. The highest BCUT2D eigenvalue weighted by molar-refractivity contribution is 6.62. The summed E-state index contributed by atoms with van der Waals surface area (Å²) in [6, 6.07) is 14.5. The lowest BCUT2D eigenvalue weighted by molar-refractivity contribution is 0.00578. The maximum absolute atomic E-state index is 12.5. The van der Waals surface area contributed by atoms with Crippen molar-refractivity contribution in [3.63, 3.8) is 0 Å². The van der Waals surface area contributed by atoms with Crippen LogP contribution >= 0.6 is 0 Å². The van der Waals surface area contributed by atoms with E-state index in [4.69, 9.17) is 19.3 Å². The molecule has 2 aromatic heterocycles. The average molecular weight is 601 g/mol. The van der Waals surface area contributed by atoms with Gasteiger partial charge < -0.3 is 28.3 Å². The third kappa shape index (κ3) is 7.99. The van der Waals surface area contributed by atoms with Crippen molar-refractivity contribution in [3.8, 4) is 23.6 Å². The zero-order chi connectivity index (χ0) is 32.5. The second-order valence-corrected chi connectivity index (χ2v) is 11.7. The van der Waals surface area contributed by atoms with E-state index in [1.165, 1.54) is 16.8 Å². The van der Waals surface area contributed by atoms with E-state index in [0.29, 0.717) is 18.8 Å². The molecule has 1 fully saturated rings. The number of aromatic nitrogens is 2. The molecule has 1 N–H and O–H groups in total. The number of hydrogen-bond donors (Lipinski definition) is 1. The normalized spacial score (nSPS) is 14.7. The fourth-order valence-electron chi connectivity index (χ4n) is 4.37. The lowest BCUT2D eigenvalue weighted by Crippen LogP contribution is -2.41. The molecule has 0 amide bonds. The zero-order valence-corrected chi connectivity index (χ0v) is 26.4. The van der Waals surface area contributed by atoms with Crippen molar-refractivity contribution < 1.29 is 19.2 Å². The highest BCUT2D eigenvalue weighted by Crippen LogP contribution is 2.36. The first-order valence-corrected chi connectivity index (χ1v) is 14.9. The van der Waals surface area contributed by atoms with Crippen LogP contribution in [0.15, 0.2) is 58.4 Å². The number of nitrogens with zero attached hydrogens (tertiary/aromatic N) is 4. The van der Waals surface area contributed by atoms with Crippen molar-refractivity contribution >= 4 is 12.6 Å². The first-order valence-electron chi connectivity index (χ1n) is 14.9. The Morgan fingerprint density at radius 3 is 1.82 bits per heavy atom. The fourth-order valence-corrected chi connectivity index (χ4v) is 4.37. The fraction of sp³-hybridized carbons (Fsp3) is 0.455. The minimum Gasteiger partial charge on any atom is -0.506 e. The number of benzene rings is 1. The first kappa shape index (κ1) is 34.2. The summed E-state index contributed by atoms with van der Waals surface area (Å²) in [4.78, 5) is 24.0. The number of hydrogen-bond acceptors (Lipinski definition) is 8. The van der Waals surface area contributed by atoms with Gasteiger partial charge in [-0.05, 0) is 63.7 Å². The van der Waals surface area contributed by atoms with Crippen LogP contribution in [0.3, 0.4) is 0 Å². The highest BCUT2D eigenvalue weighted by Gasteiger charge is 2.51. The Balaban J connectivity index is 0.000000317. The number of rotatable bonds is 10. The van der Waals surface area contributed by atoms with E-state index < -0.39 is 12.7 Å². The van der Waals surface area contributed by atoms with Crippen LogP contribution in [0.1, 0.15) is 83.9 Å². The SMILES string of the molecule is CCCCn1ccc(O)c(C#N)c1=O.CCCCn1ccc(OCc2ccc(B3OC(C)(C)C(C)(C)O3)cc2)c(C#N)c1=O. The molecule has 10 nitrogen and oxygen atoms in total. The Labute approximate surface area is 259 Å². The smallest absolute Gasteiger partial charge is 0.494 e. The summed E-state index contributed by atoms with van der Waals surface area (Å²) in [5.74, 6) is 0.0653. The Morgan fingerprint density at radius 1 is 0.818 bits per heavy atom. The van der Waals surface area contributed by atoms with E-state index in [9.17, 15) is 20.0 Å². The van der Waals surface area contributed by atoms with Crippen LogP contribution in [0.4, 0.5) is 0 Å². The number of unbranched alkanes of at least 4 members (excludes halogenated alkanes) is 2. The van der Waals surface area contributed by atoms with Crippen LogP contribution in [-0.4, -0.2) is 32.6 Å². The molecule has 0 radical (unpaired) electrons. The number of ether oxygens (including phenoxy) is 1. The summed E-state index contributed by atoms with van der Waals surface area (Å²) in [6.45, 7) is 13.6. The van der Waals surface area contributed by atoms with Crippen LogP contribution in [0.2, 0.25) is 0 Å². The number of pyridine rings is 2. The van der Waals surface area contributed by atoms with Crippen molar-refractivity contribution in [2.24, 2.45) is 0 Å². The molecule has 0 atom stereocenters. The summed E-state index contributed by atoms with van der Waals surface area (Å²) in [6.07, 6.45) is 6.93. The van der Waals surface area contributed by atoms with Gasteiger partial charge in [-0.1, -0.05) is 51.0 Å². The van der Waals surface area contributed by atoms with Gasteiger partial charge in [0.15, 0.2) is 11.1 Å². The molecule has 0 spiro atoms. The van der Waals surface area contributed by atoms with Crippen molar-refractivity contribution in [3.05, 3.63) is 86.2 Å². The molecule has 1 aromatic carbocycles. The maximum Gasteiger partial charge on any atom is 0.494 e. The predicted octanol–water partition coefficient (Wildman–Crippen LogP) is 4.62. The molecule has 0 saturated carbocycles. The lowest BCUT2D eigenvalue weighted by atomic mass is 9.79.